The van der Waals surface area contributed by atoms with Crippen LogP contribution >= 0.6 is 0 Å². The van der Waals surface area contributed by atoms with E-state index < -0.39 is 33.2 Å². The molecular weight excluding hydrogens is 343 g/mol. The summed E-state index contributed by atoms with van der Waals surface area (Å²) in [6, 6.07) is 6.03. The van der Waals surface area contributed by atoms with Crippen LogP contribution in [-0.4, -0.2) is 15.5 Å². The minimum atomic E-state index is -4.27. The molecule has 0 fully saturated rings. The predicted octanol–water partition coefficient (Wildman–Crippen LogP) is 4.04. The number of rotatable bonds is 5. The lowest BCUT2D eigenvalue weighted by Crippen LogP contribution is -2.16. The van der Waals surface area contributed by atoms with Gasteiger partial charge in [-0.2, -0.15) is 0 Å². The Morgan fingerprint density at radius 3 is 2.29 bits per heavy atom. The van der Waals surface area contributed by atoms with Crippen molar-refractivity contribution in [3.63, 3.8) is 0 Å². The number of hydrogen-bond acceptors (Lipinski definition) is 3. The van der Waals surface area contributed by atoms with Crippen molar-refractivity contribution in [3.05, 3.63) is 53.3 Å². The zero-order valence-electron chi connectivity index (χ0n) is 13.2. The van der Waals surface area contributed by atoms with Gasteiger partial charge in [0.2, 0.25) is 0 Å². The maximum Gasteiger partial charge on any atom is 0.265 e. The molecule has 2 aromatic rings. The second kappa shape index (κ2) is 6.72. The van der Waals surface area contributed by atoms with Gasteiger partial charge in [-0.15, -0.1) is 0 Å². The van der Waals surface area contributed by atoms with Crippen molar-refractivity contribution in [1.82, 2.24) is 0 Å². The Balaban J connectivity index is 2.51. The Morgan fingerprint density at radius 1 is 1.04 bits per heavy atom. The van der Waals surface area contributed by atoms with Crippen molar-refractivity contribution in [2.75, 3.05) is 11.8 Å². The van der Waals surface area contributed by atoms with Gasteiger partial charge in [0, 0.05) is 0 Å². The standard InChI is InChI=1S/C16H16F3NO3S/c1-9(2)10-4-7-13(23-3)14(8-10)24(21,22)20-12-6-5-11(17)15(18)16(12)19/h4-9,20H,1-3H3. The van der Waals surface area contributed by atoms with E-state index in [-0.39, 0.29) is 16.6 Å². The van der Waals surface area contributed by atoms with Crippen molar-refractivity contribution in [2.45, 2.75) is 24.7 Å². The summed E-state index contributed by atoms with van der Waals surface area (Å²) in [6.45, 7) is 3.75. The number of halogens is 3. The van der Waals surface area contributed by atoms with Gasteiger partial charge in [0.15, 0.2) is 17.5 Å². The molecule has 0 atom stereocenters. The van der Waals surface area contributed by atoms with Gasteiger partial charge in [0.25, 0.3) is 10.0 Å². The lowest BCUT2D eigenvalue weighted by molar-refractivity contribution is 0.402. The van der Waals surface area contributed by atoms with Crippen LogP contribution in [0.15, 0.2) is 35.2 Å². The molecule has 4 nitrogen and oxygen atoms in total. The monoisotopic (exact) mass is 359 g/mol. The molecule has 1 N–H and O–H groups in total. The van der Waals surface area contributed by atoms with Crippen LogP contribution < -0.4 is 9.46 Å². The lowest BCUT2D eigenvalue weighted by atomic mass is 10.0. The maximum atomic E-state index is 13.7. The van der Waals surface area contributed by atoms with Crippen LogP contribution in [0.3, 0.4) is 0 Å². The van der Waals surface area contributed by atoms with Gasteiger partial charge in [-0.05, 0) is 35.7 Å². The van der Waals surface area contributed by atoms with E-state index in [1.54, 1.807) is 6.07 Å². The van der Waals surface area contributed by atoms with E-state index in [1.165, 1.54) is 19.2 Å². The van der Waals surface area contributed by atoms with Gasteiger partial charge in [0.05, 0.1) is 12.8 Å². The number of methoxy groups -OCH3 is 1. The highest BCUT2D eigenvalue weighted by Crippen LogP contribution is 2.30. The highest BCUT2D eigenvalue weighted by molar-refractivity contribution is 7.92. The molecule has 0 aromatic heterocycles. The normalized spacial score (nSPS) is 11.6. The first-order chi connectivity index (χ1) is 11.2. The summed E-state index contributed by atoms with van der Waals surface area (Å²) in [5.41, 5.74) is 0.0350. The quantitative estimate of drug-likeness (QED) is 0.820. The molecule has 24 heavy (non-hydrogen) atoms. The van der Waals surface area contributed by atoms with Crippen molar-refractivity contribution in [1.29, 1.82) is 0 Å². The number of anilines is 1. The highest BCUT2D eigenvalue weighted by atomic mass is 32.2. The molecule has 8 heteroatoms. The van der Waals surface area contributed by atoms with Crippen molar-refractivity contribution in [2.24, 2.45) is 0 Å². The van der Waals surface area contributed by atoms with Crippen LogP contribution in [0, 0.1) is 17.5 Å². The summed E-state index contributed by atoms with van der Waals surface area (Å²) >= 11 is 0. The summed E-state index contributed by atoms with van der Waals surface area (Å²) in [5.74, 6) is -4.68. The average molecular weight is 359 g/mol. The Morgan fingerprint density at radius 2 is 1.71 bits per heavy atom. The summed E-state index contributed by atoms with van der Waals surface area (Å²) < 4.78 is 72.0. The van der Waals surface area contributed by atoms with E-state index in [4.69, 9.17) is 4.74 Å². The molecule has 0 bridgehead atoms. The predicted molar refractivity (Wildman–Crippen MR) is 84.2 cm³/mol. The number of ether oxygens (including phenoxy) is 1. The van der Waals surface area contributed by atoms with Crippen LogP contribution in [0.4, 0.5) is 18.9 Å². The first-order valence-corrected chi connectivity index (χ1v) is 8.50. The summed E-state index contributed by atoms with van der Waals surface area (Å²) in [5, 5.41) is 0. The zero-order chi connectivity index (χ0) is 18.1. The number of hydrogen-bond donors (Lipinski definition) is 1. The minimum Gasteiger partial charge on any atom is -0.495 e. The van der Waals surface area contributed by atoms with Gasteiger partial charge in [-0.1, -0.05) is 19.9 Å². The van der Waals surface area contributed by atoms with Gasteiger partial charge in [-0.3, -0.25) is 4.72 Å². The molecule has 0 amide bonds. The molecule has 130 valence electrons. The molecule has 0 saturated carbocycles. The molecule has 0 saturated heterocycles. The molecule has 0 aliphatic heterocycles. The van der Waals surface area contributed by atoms with Gasteiger partial charge in [0.1, 0.15) is 10.6 Å². The zero-order valence-corrected chi connectivity index (χ0v) is 14.0. The SMILES string of the molecule is COc1ccc(C(C)C)cc1S(=O)(=O)Nc1ccc(F)c(F)c1F. The van der Waals surface area contributed by atoms with Gasteiger partial charge >= 0.3 is 0 Å². The van der Waals surface area contributed by atoms with Crippen molar-refractivity contribution < 1.29 is 26.3 Å². The van der Waals surface area contributed by atoms with E-state index in [0.29, 0.717) is 6.07 Å². The number of sulfonamides is 1. The molecule has 0 spiro atoms. The molecule has 0 heterocycles. The van der Waals surface area contributed by atoms with Gasteiger partial charge in [-0.25, -0.2) is 21.6 Å². The number of benzene rings is 2. The summed E-state index contributed by atoms with van der Waals surface area (Å²) in [4.78, 5) is -0.222. The molecule has 2 aromatic carbocycles. The first kappa shape index (κ1) is 18.1. The molecule has 0 unspecified atom stereocenters. The van der Waals surface area contributed by atoms with Gasteiger partial charge < -0.3 is 4.74 Å². The Bertz CT molecular complexity index is 867. The molecule has 0 aliphatic rings. The molecule has 0 aliphatic carbocycles. The van der Waals surface area contributed by atoms with E-state index in [1.807, 2.05) is 18.6 Å². The van der Waals surface area contributed by atoms with E-state index in [9.17, 15) is 21.6 Å². The fraction of sp³-hybridized carbons (Fsp3) is 0.250. The van der Waals surface area contributed by atoms with Crippen LogP contribution in [-0.2, 0) is 10.0 Å². The Labute approximate surface area is 138 Å². The Hall–Kier alpha value is -2.22. The average Bonchev–Trinajstić information content (AvgIpc) is 2.54. The third-order valence-corrected chi connectivity index (χ3v) is 4.81. The fourth-order valence-corrected chi connectivity index (χ4v) is 3.33. The third kappa shape index (κ3) is 3.48. The first-order valence-electron chi connectivity index (χ1n) is 7.01. The smallest absolute Gasteiger partial charge is 0.265 e. The van der Waals surface area contributed by atoms with Crippen molar-refractivity contribution >= 4 is 15.7 Å². The minimum absolute atomic E-state index is 0.0462. The second-order valence-electron chi connectivity index (χ2n) is 5.39. The molecule has 0 radical (unpaired) electrons. The molecular formula is C16H16F3NO3S. The van der Waals surface area contributed by atoms with Crippen LogP contribution in [0.2, 0.25) is 0 Å². The van der Waals surface area contributed by atoms with Crippen LogP contribution in [0.1, 0.15) is 25.3 Å². The highest BCUT2D eigenvalue weighted by Gasteiger charge is 2.24. The summed E-state index contributed by atoms with van der Waals surface area (Å²) in [7, 11) is -2.98. The fourth-order valence-electron chi connectivity index (χ4n) is 2.07. The van der Waals surface area contributed by atoms with Crippen molar-refractivity contribution in [3.8, 4) is 5.75 Å². The van der Waals surface area contributed by atoms with E-state index in [2.05, 4.69) is 0 Å². The number of nitrogens with one attached hydrogen (secondary N) is 1. The largest absolute Gasteiger partial charge is 0.495 e. The third-order valence-electron chi connectivity index (χ3n) is 3.42. The van der Waals surface area contributed by atoms with E-state index >= 15 is 0 Å². The second-order valence-corrected chi connectivity index (χ2v) is 7.04. The summed E-state index contributed by atoms with van der Waals surface area (Å²) in [6.07, 6.45) is 0. The lowest BCUT2D eigenvalue weighted by Gasteiger charge is -2.15. The Kier molecular flexibility index (Phi) is 5.08. The maximum absolute atomic E-state index is 13.7. The van der Waals surface area contributed by atoms with Crippen LogP contribution in [0.5, 0.6) is 5.75 Å². The van der Waals surface area contributed by atoms with Crippen LogP contribution in [0.25, 0.3) is 0 Å². The topological polar surface area (TPSA) is 55.4 Å². The van der Waals surface area contributed by atoms with E-state index in [0.717, 1.165) is 11.6 Å². The molecule has 2 rings (SSSR count).